The molecular weight excluding hydrogens is 236 g/mol. The quantitative estimate of drug-likeness (QED) is 0.524. The highest BCUT2D eigenvalue weighted by atomic mass is 79.9. The Kier molecular flexibility index (Phi) is 9.06. The Morgan fingerprint density at radius 2 is 1.64 bits per heavy atom. The first-order valence-corrected chi connectivity index (χ1v) is 7.29. The number of hydrogen-bond donors (Lipinski definition) is 0. The number of halogens is 1. The van der Waals surface area contributed by atoms with Crippen LogP contribution in [0.2, 0.25) is 0 Å². The van der Waals surface area contributed by atoms with Gasteiger partial charge in [-0.1, -0.05) is 69.3 Å². The van der Waals surface area contributed by atoms with E-state index in [0.717, 1.165) is 17.8 Å². The summed E-state index contributed by atoms with van der Waals surface area (Å²) in [5.41, 5.74) is 0. The Labute approximate surface area is 99.0 Å². The van der Waals surface area contributed by atoms with Crippen molar-refractivity contribution in [1.82, 2.24) is 0 Å². The van der Waals surface area contributed by atoms with E-state index in [1.807, 2.05) is 0 Å². The molecule has 0 nitrogen and oxygen atoms in total. The molecular formula is C13H27Br. The van der Waals surface area contributed by atoms with Crippen LogP contribution < -0.4 is 0 Å². The van der Waals surface area contributed by atoms with Gasteiger partial charge in [-0.2, -0.15) is 0 Å². The molecule has 2 atom stereocenters. The topological polar surface area (TPSA) is 0 Å². The molecule has 0 spiro atoms. The van der Waals surface area contributed by atoms with E-state index in [1.54, 1.807) is 0 Å². The second kappa shape index (κ2) is 8.76. The van der Waals surface area contributed by atoms with Crippen molar-refractivity contribution in [2.45, 2.75) is 59.8 Å². The Morgan fingerprint density at radius 3 is 2.07 bits per heavy atom. The maximum Gasteiger partial charge on any atom is 0.00340 e. The maximum atomic E-state index is 3.55. The zero-order valence-corrected chi connectivity index (χ0v) is 11.9. The van der Waals surface area contributed by atoms with Crippen LogP contribution in [0.25, 0.3) is 0 Å². The van der Waals surface area contributed by atoms with Crippen molar-refractivity contribution in [3.05, 3.63) is 0 Å². The van der Waals surface area contributed by atoms with E-state index in [2.05, 4.69) is 43.6 Å². The van der Waals surface area contributed by atoms with E-state index in [-0.39, 0.29) is 0 Å². The van der Waals surface area contributed by atoms with E-state index < -0.39 is 0 Å². The van der Waals surface area contributed by atoms with Gasteiger partial charge >= 0.3 is 0 Å². The van der Waals surface area contributed by atoms with Crippen LogP contribution in [-0.2, 0) is 0 Å². The minimum Gasteiger partial charge on any atom is -0.0928 e. The number of rotatable bonds is 8. The molecule has 1 heteroatoms. The standard InChI is InChI=1S/C13H27Br/c1-5-13(9-10-14)12(4)8-6-7-11(2)3/h11-13H,5-10H2,1-4H3. The maximum absolute atomic E-state index is 3.55. The monoisotopic (exact) mass is 262 g/mol. The van der Waals surface area contributed by atoms with Gasteiger partial charge in [-0.3, -0.25) is 0 Å². The minimum atomic E-state index is 0.874. The molecule has 0 aliphatic carbocycles. The van der Waals surface area contributed by atoms with Gasteiger partial charge in [-0.15, -0.1) is 0 Å². The van der Waals surface area contributed by atoms with E-state index in [1.165, 1.54) is 37.4 Å². The predicted octanol–water partition coefficient (Wildman–Crippen LogP) is 5.26. The van der Waals surface area contributed by atoms with Crippen molar-refractivity contribution in [3.63, 3.8) is 0 Å². The molecule has 0 aromatic carbocycles. The van der Waals surface area contributed by atoms with Crippen molar-refractivity contribution >= 4 is 15.9 Å². The molecule has 0 aromatic heterocycles. The summed E-state index contributed by atoms with van der Waals surface area (Å²) < 4.78 is 0. The Bertz CT molecular complexity index is 120. The number of alkyl halides is 1. The van der Waals surface area contributed by atoms with Crippen LogP contribution in [-0.4, -0.2) is 5.33 Å². The summed E-state index contributed by atoms with van der Waals surface area (Å²) in [4.78, 5) is 0. The van der Waals surface area contributed by atoms with Crippen LogP contribution in [0.5, 0.6) is 0 Å². The molecule has 0 amide bonds. The zero-order valence-electron chi connectivity index (χ0n) is 10.4. The highest BCUT2D eigenvalue weighted by molar-refractivity contribution is 9.09. The average molecular weight is 263 g/mol. The van der Waals surface area contributed by atoms with E-state index in [0.29, 0.717) is 0 Å². The first kappa shape index (κ1) is 14.5. The normalized spacial score (nSPS) is 15.9. The van der Waals surface area contributed by atoms with E-state index in [4.69, 9.17) is 0 Å². The summed E-state index contributed by atoms with van der Waals surface area (Å²) in [6.07, 6.45) is 6.92. The van der Waals surface area contributed by atoms with Gasteiger partial charge in [0.2, 0.25) is 0 Å². The van der Waals surface area contributed by atoms with Gasteiger partial charge in [0.05, 0.1) is 0 Å². The van der Waals surface area contributed by atoms with Crippen molar-refractivity contribution in [3.8, 4) is 0 Å². The fourth-order valence-electron chi connectivity index (χ4n) is 2.11. The Hall–Kier alpha value is 0.480. The smallest absolute Gasteiger partial charge is 0.00340 e. The lowest BCUT2D eigenvalue weighted by Crippen LogP contribution is -2.11. The van der Waals surface area contributed by atoms with Gasteiger partial charge in [-0.25, -0.2) is 0 Å². The summed E-state index contributed by atoms with van der Waals surface area (Å²) in [5, 5.41) is 1.17. The lowest BCUT2D eigenvalue weighted by Gasteiger charge is -2.22. The first-order valence-electron chi connectivity index (χ1n) is 6.17. The third-order valence-corrected chi connectivity index (χ3v) is 3.71. The minimum absolute atomic E-state index is 0.874. The van der Waals surface area contributed by atoms with Crippen molar-refractivity contribution in [2.24, 2.45) is 17.8 Å². The fraction of sp³-hybridized carbons (Fsp3) is 1.00. The van der Waals surface area contributed by atoms with Crippen LogP contribution >= 0.6 is 15.9 Å². The van der Waals surface area contributed by atoms with Crippen molar-refractivity contribution in [2.75, 3.05) is 5.33 Å². The molecule has 0 aliphatic heterocycles. The third-order valence-electron chi connectivity index (χ3n) is 3.25. The molecule has 0 saturated heterocycles. The molecule has 2 unspecified atom stereocenters. The van der Waals surface area contributed by atoms with Crippen molar-refractivity contribution in [1.29, 1.82) is 0 Å². The Balaban J connectivity index is 3.63. The molecule has 14 heavy (non-hydrogen) atoms. The summed E-state index contributed by atoms with van der Waals surface area (Å²) in [7, 11) is 0. The summed E-state index contributed by atoms with van der Waals surface area (Å²) in [5.74, 6) is 2.72. The lowest BCUT2D eigenvalue weighted by molar-refractivity contribution is 0.307. The molecule has 0 aromatic rings. The molecule has 0 bridgehead atoms. The molecule has 0 saturated carbocycles. The fourth-order valence-corrected chi connectivity index (χ4v) is 2.70. The van der Waals surface area contributed by atoms with Crippen LogP contribution in [0.1, 0.15) is 59.8 Å². The molecule has 0 heterocycles. The van der Waals surface area contributed by atoms with Gasteiger partial charge in [0.25, 0.3) is 0 Å². The van der Waals surface area contributed by atoms with Gasteiger partial charge in [0.1, 0.15) is 0 Å². The number of hydrogen-bond acceptors (Lipinski definition) is 0. The molecule has 0 rings (SSSR count). The van der Waals surface area contributed by atoms with Gasteiger partial charge in [0.15, 0.2) is 0 Å². The molecule has 0 aliphatic rings. The zero-order chi connectivity index (χ0) is 11.0. The summed E-state index contributed by atoms with van der Waals surface area (Å²) in [6, 6.07) is 0. The van der Waals surface area contributed by atoms with Crippen LogP contribution in [0, 0.1) is 17.8 Å². The van der Waals surface area contributed by atoms with Crippen LogP contribution in [0.15, 0.2) is 0 Å². The first-order chi connectivity index (χ1) is 6.61. The summed E-state index contributed by atoms with van der Waals surface area (Å²) in [6.45, 7) is 9.39. The highest BCUT2D eigenvalue weighted by Gasteiger charge is 2.14. The molecule has 86 valence electrons. The molecule has 0 fully saturated rings. The highest BCUT2D eigenvalue weighted by Crippen LogP contribution is 2.25. The Morgan fingerprint density at radius 1 is 1.00 bits per heavy atom. The summed E-state index contributed by atoms with van der Waals surface area (Å²) >= 11 is 3.55. The largest absolute Gasteiger partial charge is 0.0928 e. The molecule has 0 N–H and O–H groups in total. The van der Waals surface area contributed by atoms with Gasteiger partial charge in [0, 0.05) is 5.33 Å². The van der Waals surface area contributed by atoms with Crippen LogP contribution in [0.3, 0.4) is 0 Å². The van der Waals surface area contributed by atoms with Gasteiger partial charge < -0.3 is 0 Å². The SMILES string of the molecule is CCC(CCBr)C(C)CCCC(C)C. The lowest BCUT2D eigenvalue weighted by atomic mass is 9.85. The van der Waals surface area contributed by atoms with Crippen molar-refractivity contribution < 1.29 is 0 Å². The predicted molar refractivity (Wildman–Crippen MR) is 70.0 cm³/mol. The third kappa shape index (κ3) is 6.86. The van der Waals surface area contributed by atoms with Crippen LogP contribution in [0.4, 0.5) is 0 Å². The average Bonchev–Trinajstić information content (AvgIpc) is 2.13. The van der Waals surface area contributed by atoms with E-state index in [9.17, 15) is 0 Å². The van der Waals surface area contributed by atoms with Gasteiger partial charge in [-0.05, 0) is 24.2 Å². The molecule has 0 radical (unpaired) electrons. The second-order valence-electron chi connectivity index (χ2n) is 4.95. The van der Waals surface area contributed by atoms with E-state index >= 15 is 0 Å². The second-order valence-corrected chi connectivity index (χ2v) is 5.74.